The van der Waals surface area contributed by atoms with Gasteiger partial charge in [-0.1, -0.05) is 11.6 Å². The standard InChI is InChI=1S/C12H17ClN2S/c1-14-6-5-10-8-16-12-7-9(13)3-4-11(12)15(10)2/h3-4,7,10,14H,5-6,8H2,1-2H3. The summed E-state index contributed by atoms with van der Waals surface area (Å²) >= 11 is 7.91. The van der Waals surface area contributed by atoms with Gasteiger partial charge in [0, 0.05) is 28.8 Å². The predicted octanol–water partition coefficient (Wildman–Crippen LogP) is 2.86. The van der Waals surface area contributed by atoms with E-state index in [4.69, 9.17) is 11.6 Å². The monoisotopic (exact) mass is 256 g/mol. The molecular formula is C12H17ClN2S. The zero-order chi connectivity index (χ0) is 11.5. The average molecular weight is 257 g/mol. The van der Waals surface area contributed by atoms with E-state index in [0.29, 0.717) is 6.04 Å². The van der Waals surface area contributed by atoms with E-state index in [9.17, 15) is 0 Å². The highest BCUT2D eigenvalue weighted by Crippen LogP contribution is 2.38. The van der Waals surface area contributed by atoms with Gasteiger partial charge in [-0.3, -0.25) is 0 Å². The molecule has 0 fully saturated rings. The highest BCUT2D eigenvalue weighted by molar-refractivity contribution is 7.99. The number of fused-ring (bicyclic) bond motifs is 1. The third-order valence-corrected chi connectivity index (χ3v) is 4.43. The number of halogens is 1. The van der Waals surface area contributed by atoms with Crippen LogP contribution in [0.4, 0.5) is 5.69 Å². The summed E-state index contributed by atoms with van der Waals surface area (Å²) in [6.07, 6.45) is 1.18. The Bertz CT molecular complexity index is 370. The molecule has 1 aliphatic heterocycles. The van der Waals surface area contributed by atoms with E-state index in [1.54, 1.807) is 0 Å². The number of hydrogen-bond donors (Lipinski definition) is 1. The smallest absolute Gasteiger partial charge is 0.0505 e. The fourth-order valence-electron chi connectivity index (χ4n) is 1.98. The molecule has 1 atom stereocenters. The van der Waals surface area contributed by atoms with Crippen LogP contribution in [-0.2, 0) is 0 Å². The molecule has 1 aromatic carbocycles. The highest BCUT2D eigenvalue weighted by Gasteiger charge is 2.23. The molecule has 0 radical (unpaired) electrons. The number of rotatable bonds is 3. The first-order valence-electron chi connectivity index (χ1n) is 5.52. The third-order valence-electron chi connectivity index (χ3n) is 3.01. The SMILES string of the molecule is CNCCC1CSc2cc(Cl)ccc2N1C. The van der Waals surface area contributed by atoms with Crippen LogP contribution >= 0.6 is 23.4 Å². The lowest BCUT2D eigenvalue weighted by Gasteiger charge is -2.35. The Kier molecular flexibility index (Phi) is 4.00. The van der Waals surface area contributed by atoms with Gasteiger partial charge in [0.1, 0.15) is 0 Å². The maximum atomic E-state index is 6.00. The molecule has 1 aliphatic rings. The number of nitrogens with one attached hydrogen (secondary N) is 1. The van der Waals surface area contributed by atoms with Gasteiger partial charge in [0.15, 0.2) is 0 Å². The molecule has 0 aliphatic carbocycles. The van der Waals surface area contributed by atoms with Gasteiger partial charge in [-0.2, -0.15) is 0 Å². The van der Waals surface area contributed by atoms with Gasteiger partial charge in [0.25, 0.3) is 0 Å². The largest absolute Gasteiger partial charge is 0.370 e. The van der Waals surface area contributed by atoms with E-state index in [2.05, 4.69) is 29.4 Å². The minimum absolute atomic E-state index is 0.617. The van der Waals surface area contributed by atoms with Gasteiger partial charge in [-0.05, 0) is 38.2 Å². The van der Waals surface area contributed by atoms with Crippen molar-refractivity contribution in [3.8, 4) is 0 Å². The van der Waals surface area contributed by atoms with Crippen molar-refractivity contribution in [1.82, 2.24) is 5.32 Å². The van der Waals surface area contributed by atoms with Crippen LogP contribution in [0.5, 0.6) is 0 Å². The van der Waals surface area contributed by atoms with Crippen molar-refractivity contribution in [3.05, 3.63) is 23.2 Å². The van der Waals surface area contributed by atoms with Crippen LogP contribution in [0.3, 0.4) is 0 Å². The van der Waals surface area contributed by atoms with Gasteiger partial charge in [-0.25, -0.2) is 0 Å². The van der Waals surface area contributed by atoms with Gasteiger partial charge >= 0.3 is 0 Å². The van der Waals surface area contributed by atoms with Crippen LogP contribution in [0, 0.1) is 0 Å². The Morgan fingerprint density at radius 1 is 1.56 bits per heavy atom. The molecule has 4 heteroatoms. The van der Waals surface area contributed by atoms with Crippen LogP contribution in [0.25, 0.3) is 0 Å². The maximum Gasteiger partial charge on any atom is 0.0505 e. The second-order valence-corrected chi connectivity index (χ2v) is 5.58. The normalized spacial score (nSPS) is 19.7. The molecule has 1 heterocycles. The summed E-state index contributed by atoms with van der Waals surface area (Å²) in [5.74, 6) is 1.14. The number of thioether (sulfide) groups is 1. The quantitative estimate of drug-likeness (QED) is 0.895. The lowest BCUT2D eigenvalue weighted by Crippen LogP contribution is -2.38. The molecule has 0 bridgehead atoms. The second kappa shape index (κ2) is 5.30. The highest BCUT2D eigenvalue weighted by atomic mass is 35.5. The Labute approximate surface area is 106 Å². The summed E-state index contributed by atoms with van der Waals surface area (Å²) in [6.45, 7) is 1.07. The Balaban J connectivity index is 2.15. The summed E-state index contributed by atoms with van der Waals surface area (Å²) in [4.78, 5) is 3.68. The summed E-state index contributed by atoms with van der Waals surface area (Å²) < 4.78 is 0. The Hall–Kier alpha value is -0.380. The van der Waals surface area contributed by atoms with Crippen LogP contribution in [0.15, 0.2) is 23.1 Å². The van der Waals surface area contributed by atoms with Crippen LogP contribution < -0.4 is 10.2 Å². The summed E-state index contributed by atoms with van der Waals surface area (Å²) in [5, 5.41) is 4.04. The fraction of sp³-hybridized carbons (Fsp3) is 0.500. The lowest BCUT2D eigenvalue weighted by atomic mass is 10.1. The van der Waals surface area contributed by atoms with Crippen molar-refractivity contribution >= 4 is 29.1 Å². The van der Waals surface area contributed by atoms with Gasteiger partial charge in [0.05, 0.1) is 5.69 Å². The number of hydrogen-bond acceptors (Lipinski definition) is 3. The van der Waals surface area contributed by atoms with Crippen LogP contribution in [0.2, 0.25) is 5.02 Å². The molecule has 0 aromatic heterocycles. The number of nitrogens with zero attached hydrogens (tertiary/aromatic N) is 1. The molecule has 0 amide bonds. The van der Waals surface area contributed by atoms with Crippen molar-refractivity contribution < 1.29 is 0 Å². The number of anilines is 1. The second-order valence-electron chi connectivity index (χ2n) is 4.08. The molecule has 2 rings (SSSR count). The Morgan fingerprint density at radius 3 is 3.12 bits per heavy atom. The van der Waals surface area contributed by atoms with Crippen LogP contribution in [-0.4, -0.2) is 32.4 Å². The predicted molar refractivity (Wildman–Crippen MR) is 72.9 cm³/mol. The molecule has 2 nitrogen and oxygen atoms in total. The van der Waals surface area contributed by atoms with E-state index in [1.165, 1.54) is 17.0 Å². The van der Waals surface area contributed by atoms with E-state index in [0.717, 1.165) is 17.3 Å². The fourth-order valence-corrected chi connectivity index (χ4v) is 3.55. The maximum absolute atomic E-state index is 6.00. The van der Waals surface area contributed by atoms with Crippen molar-refractivity contribution in [2.45, 2.75) is 17.4 Å². The van der Waals surface area contributed by atoms with Crippen molar-refractivity contribution in [2.24, 2.45) is 0 Å². The van der Waals surface area contributed by atoms with E-state index in [-0.39, 0.29) is 0 Å². The molecule has 16 heavy (non-hydrogen) atoms. The first-order valence-corrected chi connectivity index (χ1v) is 6.88. The topological polar surface area (TPSA) is 15.3 Å². The minimum Gasteiger partial charge on any atom is -0.370 e. The van der Waals surface area contributed by atoms with Crippen molar-refractivity contribution in [1.29, 1.82) is 0 Å². The van der Waals surface area contributed by atoms with E-state index in [1.807, 2.05) is 24.9 Å². The molecule has 1 N–H and O–H groups in total. The van der Waals surface area contributed by atoms with Gasteiger partial charge < -0.3 is 10.2 Å². The van der Waals surface area contributed by atoms with Crippen molar-refractivity contribution in [2.75, 3.05) is 31.3 Å². The van der Waals surface area contributed by atoms with E-state index >= 15 is 0 Å². The molecule has 0 spiro atoms. The first kappa shape index (κ1) is 12.1. The summed E-state index contributed by atoms with van der Waals surface area (Å²) in [7, 11) is 4.18. The number of benzene rings is 1. The molecule has 0 saturated heterocycles. The Morgan fingerprint density at radius 2 is 2.38 bits per heavy atom. The zero-order valence-electron chi connectivity index (χ0n) is 9.66. The molecule has 1 unspecified atom stereocenters. The summed E-state index contributed by atoms with van der Waals surface area (Å²) in [6, 6.07) is 6.77. The zero-order valence-corrected chi connectivity index (χ0v) is 11.2. The third kappa shape index (κ3) is 2.47. The van der Waals surface area contributed by atoms with Gasteiger partial charge in [-0.15, -0.1) is 11.8 Å². The molecule has 88 valence electrons. The molecule has 1 aromatic rings. The molecular weight excluding hydrogens is 240 g/mol. The average Bonchev–Trinajstić information content (AvgIpc) is 2.28. The first-order chi connectivity index (χ1) is 7.72. The van der Waals surface area contributed by atoms with Crippen molar-refractivity contribution in [3.63, 3.8) is 0 Å². The van der Waals surface area contributed by atoms with Crippen LogP contribution in [0.1, 0.15) is 6.42 Å². The van der Waals surface area contributed by atoms with Gasteiger partial charge in [0.2, 0.25) is 0 Å². The van der Waals surface area contributed by atoms with E-state index < -0.39 is 0 Å². The molecule has 0 saturated carbocycles. The minimum atomic E-state index is 0.617. The lowest BCUT2D eigenvalue weighted by molar-refractivity contribution is 0.598. The summed E-state index contributed by atoms with van der Waals surface area (Å²) in [5.41, 5.74) is 1.31.